The van der Waals surface area contributed by atoms with Gasteiger partial charge in [0.15, 0.2) is 0 Å². The van der Waals surface area contributed by atoms with E-state index in [1.165, 1.54) is 36.2 Å². The first kappa shape index (κ1) is 36.6. The fourth-order valence-corrected chi connectivity index (χ4v) is 6.58. The van der Waals surface area contributed by atoms with Crippen LogP contribution in [0.5, 0.6) is 5.75 Å². The lowest BCUT2D eigenvalue weighted by Gasteiger charge is -2.34. The number of aryl methyl sites for hydroxylation is 2. The van der Waals surface area contributed by atoms with Gasteiger partial charge in [0, 0.05) is 60.7 Å². The number of carbonyl (C=O) groups excluding carboxylic acids is 1. The summed E-state index contributed by atoms with van der Waals surface area (Å²) >= 11 is 0. The van der Waals surface area contributed by atoms with E-state index in [2.05, 4.69) is 38.3 Å². The van der Waals surface area contributed by atoms with Gasteiger partial charge in [0.05, 0.1) is 19.8 Å². The van der Waals surface area contributed by atoms with Gasteiger partial charge >= 0.3 is 0 Å². The zero-order chi connectivity index (χ0) is 36.7. The number of rotatable bonds is 9. The Balaban J connectivity index is 0.000000183. The van der Waals surface area contributed by atoms with E-state index in [0.29, 0.717) is 36.4 Å². The highest BCUT2D eigenvalue weighted by molar-refractivity contribution is 6.04. The van der Waals surface area contributed by atoms with Crippen molar-refractivity contribution in [3.05, 3.63) is 137 Å². The van der Waals surface area contributed by atoms with Crippen LogP contribution in [0.15, 0.2) is 97.6 Å². The molecule has 12 heteroatoms. The van der Waals surface area contributed by atoms with Crippen LogP contribution in [0.2, 0.25) is 0 Å². The minimum Gasteiger partial charge on any atom is -0.493 e. The average molecular weight is 713 g/mol. The Morgan fingerprint density at radius 1 is 0.923 bits per heavy atom. The second-order valence-corrected chi connectivity index (χ2v) is 13.5. The third-order valence-electron chi connectivity index (χ3n) is 9.42. The summed E-state index contributed by atoms with van der Waals surface area (Å²) in [7, 11) is 2.13. The quantitative estimate of drug-likeness (QED) is 0.176. The summed E-state index contributed by atoms with van der Waals surface area (Å²) in [5, 5.41) is 6.90. The number of carbonyl (C=O) groups is 1. The first-order chi connectivity index (χ1) is 25.1. The average Bonchev–Trinajstić information content (AvgIpc) is 3.80. The molecule has 1 N–H and O–H groups in total. The van der Waals surface area contributed by atoms with Crippen LogP contribution in [0.3, 0.4) is 0 Å². The van der Waals surface area contributed by atoms with Gasteiger partial charge in [-0.2, -0.15) is 5.10 Å². The molecule has 0 unspecified atom stereocenters. The van der Waals surface area contributed by atoms with Crippen molar-refractivity contribution in [2.75, 3.05) is 56.7 Å². The summed E-state index contributed by atoms with van der Waals surface area (Å²) in [5.41, 5.74) is 3.92. The largest absolute Gasteiger partial charge is 0.493 e. The number of halogens is 3. The van der Waals surface area contributed by atoms with Gasteiger partial charge in [0.25, 0.3) is 5.91 Å². The lowest BCUT2D eigenvalue weighted by atomic mass is 9.87. The molecular formula is C40H43F3N6O3. The van der Waals surface area contributed by atoms with Crippen molar-refractivity contribution in [2.45, 2.75) is 32.4 Å². The highest BCUT2D eigenvalue weighted by atomic mass is 19.1. The van der Waals surface area contributed by atoms with Gasteiger partial charge in [0.1, 0.15) is 41.5 Å². The molecule has 5 aromatic rings. The number of hydrogen-bond acceptors (Lipinski definition) is 7. The molecule has 2 fully saturated rings. The van der Waals surface area contributed by atoms with Crippen LogP contribution < -0.4 is 15.0 Å². The van der Waals surface area contributed by atoms with Crippen LogP contribution in [-0.2, 0) is 16.9 Å². The molecule has 0 spiro atoms. The SMILES string of the molecule is CN1CCN(c2ccc(C(=O)Nc3ccc(F)cc3)cc2)CC1.Cc1ccc(OC[C@@H]2CO[C@@](Cn3cncn3)(c3ccc(F)cc3F)C2)c(C)c1. The standard InChI is InChI=1S/C22H23F2N3O2.C18H20FN3O/c1-15-3-6-21(16(2)7-15)28-10-17-9-22(29-11-17,12-27-14-25-13-26-27)19-5-4-18(23)8-20(19)24;1-21-10-12-22(13-11-21)17-8-2-14(3-9-17)18(23)20-16-6-4-15(19)5-7-16/h3-8,13-14,17H,9-12H2,1-2H3;2-9H,10-13H2,1H3,(H,20,23)/t17-,22+;/m1./s1. The van der Waals surface area contributed by atoms with E-state index >= 15 is 0 Å². The van der Waals surface area contributed by atoms with Crippen LogP contribution in [0.1, 0.15) is 33.5 Å². The minimum atomic E-state index is -0.957. The number of nitrogens with one attached hydrogen (secondary N) is 1. The van der Waals surface area contributed by atoms with E-state index in [-0.39, 0.29) is 24.2 Å². The Bertz CT molecular complexity index is 1930. The van der Waals surface area contributed by atoms with Crippen molar-refractivity contribution >= 4 is 17.3 Å². The normalized spacial score (nSPS) is 18.8. The molecule has 272 valence electrons. The monoisotopic (exact) mass is 712 g/mol. The molecule has 2 atom stereocenters. The molecule has 0 bridgehead atoms. The van der Waals surface area contributed by atoms with E-state index in [1.807, 2.05) is 50.2 Å². The molecule has 2 aliphatic heterocycles. The zero-order valence-electron chi connectivity index (χ0n) is 29.6. The van der Waals surface area contributed by atoms with Crippen LogP contribution in [0, 0.1) is 37.2 Å². The lowest BCUT2D eigenvalue weighted by Crippen LogP contribution is -2.44. The topological polar surface area (TPSA) is 84.8 Å². The molecule has 9 nitrogen and oxygen atoms in total. The lowest BCUT2D eigenvalue weighted by molar-refractivity contribution is -0.0206. The predicted molar refractivity (Wildman–Crippen MR) is 194 cm³/mol. The molecule has 3 heterocycles. The summed E-state index contributed by atoms with van der Waals surface area (Å²) in [6.45, 7) is 9.29. The number of nitrogens with zero attached hydrogens (tertiary/aromatic N) is 5. The number of anilines is 2. The number of amides is 1. The second kappa shape index (κ2) is 16.4. The predicted octanol–water partition coefficient (Wildman–Crippen LogP) is 7.01. The van der Waals surface area contributed by atoms with Gasteiger partial charge in [-0.1, -0.05) is 23.8 Å². The van der Waals surface area contributed by atoms with Gasteiger partial charge in [-0.15, -0.1) is 0 Å². The van der Waals surface area contributed by atoms with Crippen molar-refractivity contribution in [2.24, 2.45) is 5.92 Å². The van der Waals surface area contributed by atoms with Crippen molar-refractivity contribution in [1.82, 2.24) is 19.7 Å². The highest BCUT2D eigenvalue weighted by Gasteiger charge is 2.44. The van der Waals surface area contributed by atoms with Gasteiger partial charge in [0.2, 0.25) is 0 Å². The van der Waals surface area contributed by atoms with E-state index in [4.69, 9.17) is 9.47 Å². The third kappa shape index (κ3) is 9.17. The third-order valence-corrected chi connectivity index (χ3v) is 9.42. The Morgan fingerprint density at radius 3 is 2.33 bits per heavy atom. The van der Waals surface area contributed by atoms with Crippen LogP contribution in [0.25, 0.3) is 0 Å². The summed E-state index contributed by atoms with van der Waals surface area (Å²) in [6.07, 6.45) is 3.51. The first-order valence-corrected chi connectivity index (χ1v) is 17.3. The number of piperazine rings is 1. The molecule has 2 aliphatic rings. The Hall–Kier alpha value is -5.20. The number of likely N-dealkylation sites (N-methyl/N-ethyl adjacent to an activating group) is 1. The maximum atomic E-state index is 14.6. The summed E-state index contributed by atoms with van der Waals surface area (Å²) in [4.78, 5) is 20.8. The molecule has 52 heavy (non-hydrogen) atoms. The molecule has 7 rings (SSSR count). The van der Waals surface area contributed by atoms with E-state index in [1.54, 1.807) is 23.1 Å². The number of benzene rings is 4. The van der Waals surface area contributed by atoms with Crippen molar-refractivity contribution in [3.63, 3.8) is 0 Å². The summed E-state index contributed by atoms with van der Waals surface area (Å²) in [5.74, 6) is -0.863. The maximum Gasteiger partial charge on any atom is 0.255 e. The van der Waals surface area contributed by atoms with Crippen LogP contribution in [-0.4, -0.2) is 72.0 Å². The van der Waals surface area contributed by atoms with Gasteiger partial charge in [-0.05, 0) is 93.5 Å². The molecule has 0 aliphatic carbocycles. The Morgan fingerprint density at radius 2 is 1.65 bits per heavy atom. The Kier molecular flexibility index (Phi) is 11.6. The molecule has 0 radical (unpaired) electrons. The zero-order valence-corrected chi connectivity index (χ0v) is 29.6. The number of aromatic nitrogens is 3. The first-order valence-electron chi connectivity index (χ1n) is 17.3. The number of hydrogen-bond donors (Lipinski definition) is 1. The highest BCUT2D eigenvalue weighted by Crippen LogP contribution is 2.42. The fourth-order valence-electron chi connectivity index (χ4n) is 6.58. The Labute approximate surface area is 302 Å². The van der Waals surface area contributed by atoms with E-state index in [0.717, 1.165) is 49.2 Å². The van der Waals surface area contributed by atoms with Gasteiger partial charge in [-0.3, -0.25) is 4.79 Å². The van der Waals surface area contributed by atoms with Crippen molar-refractivity contribution < 1.29 is 27.4 Å². The molecule has 0 saturated carbocycles. The van der Waals surface area contributed by atoms with Crippen LogP contribution in [0.4, 0.5) is 24.5 Å². The minimum absolute atomic E-state index is 0.0590. The molecular weight excluding hydrogens is 669 g/mol. The van der Waals surface area contributed by atoms with E-state index in [9.17, 15) is 18.0 Å². The summed E-state index contributed by atoms with van der Waals surface area (Å²) < 4.78 is 54.7. The van der Waals surface area contributed by atoms with Gasteiger partial charge in [-0.25, -0.2) is 22.8 Å². The summed E-state index contributed by atoms with van der Waals surface area (Å²) in [6, 6.07) is 23.0. The fraction of sp³-hybridized carbons (Fsp3) is 0.325. The molecule has 4 aromatic carbocycles. The van der Waals surface area contributed by atoms with Gasteiger partial charge < -0.3 is 24.6 Å². The van der Waals surface area contributed by atoms with Crippen molar-refractivity contribution in [3.8, 4) is 5.75 Å². The smallest absolute Gasteiger partial charge is 0.255 e. The van der Waals surface area contributed by atoms with Crippen LogP contribution >= 0.6 is 0 Å². The molecule has 1 amide bonds. The van der Waals surface area contributed by atoms with E-state index < -0.39 is 17.2 Å². The molecule has 1 aromatic heterocycles. The number of ether oxygens (including phenoxy) is 2. The maximum absolute atomic E-state index is 14.6. The molecule has 2 saturated heterocycles. The van der Waals surface area contributed by atoms with Crippen molar-refractivity contribution in [1.29, 1.82) is 0 Å². The second-order valence-electron chi connectivity index (χ2n) is 13.5.